The second kappa shape index (κ2) is 28.8. The molecule has 448 valence electrons. The Labute approximate surface area is 557 Å². The van der Waals surface area contributed by atoms with Gasteiger partial charge in [-0.05, 0) is 146 Å². The normalized spacial score (nSPS) is 10.8. The Balaban J connectivity index is 0.000000101. The zero-order chi connectivity index (χ0) is 62.4. The molecule has 18 aromatic rings. The molecule has 0 aliphatic carbocycles. The fraction of sp³-hybridized carbons (Fsp3) is 0. The van der Waals surface area contributed by atoms with Crippen molar-refractivity contribution >= 4 is 183 Å². The molecule has 0 aliphatic heterocycles. The SMILES string of the molecule is c1ccc(Nc2ccc3c(c2)sc2ccccc23)cc1.c1ccc(Nc2ccc3sc4ccccc4c3c2)cc1.c1ccc(Nc2cccc3c2sc2ccccc23)cc1.c1ccc(Nc2cccc3sc4ccccc4c23)cc1.c1ccc(Nc2ccccc2)cc1. The summed E-state index contributed by atoms with van der Waals surface area (Å²) in [4.78, 5) is 0. The average molecular weight is 1270 g/mol. The minimum Gasteiger partial charge on any atom is -0.356 e. The Bertz CT molecular complexity index is 5360. The quantitative estimate of drug-likeness (QED) is 0.0945. The topological polar surface area (TPSA) is 60.1 Å². The maximum atomic E-state index is 3.53. The van der Waals surface area contributed by atoms with Crippen molar-refractivity contribution in [3.05, 3.63) is 352 Å². The van der Waals surface area contributed by atoms with E-state index < -0.39 is 0 Å². The molecule has 0 unspecified atom stereocenters. The summed E-state index contributed by atoms with van der Waals surface area (Å²) in [7, 11) is 0. The van der Waals surface area contributed by atoms with Crippen molar-refractivity contribution in [3.8, 4) is 0 Å². The minimum atomic E-state index is 1.12. The van der Waals surface area contributed by atoms with Crippen LogP contribution in [0, 0.1) is 0 Å². The number of fused-ring (bicyclic) bond motifs is 12. The van der Waals surface area contributed by atoms with Crippen LogP contribution in [0.25, 0.3) is 80.7 Å². The van der Waals surface area contributed by atoms with Gasteiger partial charge in [-0.3, -0.25) is 0 Å². The molecule has 4 aromatic heterocycles. The molecule has 14 aromatic carbocycles. The average Bonchev–Trinajstić information content (AvgIpc) is 1.80. The highest BCUT2D eigenvalue weighted by Crippen LogP contribution is 2.42. The molecule has 5 N–H and O–H groups in total. The van der Waals surface area contributed by atoms with E-state index in [1.165, 1.54) is 92.1 Å². The lowest BCUT2D eigenvalue weighted by Crippen LogP contribution is -1.89. The van der Waals surface area contributed by atoms with Crippen LogP contribution in [0.5, 0.6) is 0 Å². The molecular weight excluding hydrogens is 1210 g/mol. The summed E-state index contributed by atoms with van der Waals surface area (Å²) in [6.07, 6.45) is 0. The van der Waals surface area contributed by atoms with Crippen molar-refractivity contribution in [1.82, 2.24) is 0 Å². The highest BCUT2D eigenvalue weighted by Gasteiger charge is 2.12. The van der Waals surface area contributed by atoms with Gasteiger partial charge in [0.05, 0.1) is 10.4 Å². The summed E-state index contributed by atoms with van der Waals surface area (Å²) < 4.78 is 10.7. The van der Waals surface area contributed by atoms with Crippen LogP contribution in [-0.2, 0) is 0 Å². The summed E-state index contributed by atoms with van der Waals surface area (Å²) >= 11 is 7.39. The van der Waals surface area contributed by atoms with Crippen molar-refractivity contribution < 1.29 is 0 Å². The van der Waals surface area contributed by atoms with Crippen molar-refractivity contribution in [2.24, 2.45) is 0 Å². The van der Waals surface area contributed by atoms with Crippen LogP contribution >= 0.6 is 45.3 Å². The van der Waals surface area contributed by atoms with Gasteiger partial charge >= 0.3 is 0 Å². The highest BCUT2D eigenvalue weighted by atomic mass is 32.1. The number of hydrogen-bond donors (Lipinski definition) is 5. The van der Waals surface area contributed by atoms with Gasteiger partial charge in [-0.15, -0.1) is 45.3 Å². The smallest absolute Gasteiger partial charge is 0.0590 e. The maximum Gasteiger partial charge on any atom is 0.0590 e. The summed E-state index contributed by atoms with van der Waals surface area (Å²) in [6, 6.07) is 122. The van der Waals surface area contributed by atoms with E-state index in [2.05, 4.69) is 245 Å². The van der Waals surface area contributed by atoms with Gasteiger partial charge in [0.25, 0.3) is 0 Å². The molecule has 0 aliphatic rings. The van der Waals surface area contributed by atoms with Gasteiger partial charge in [0.15, 0.2) is 0 Å². The second-order valence-corrected chi connectivity index (χ2v) is 26.3. The molecular formula is C84H63N5S4. The number of hydrogen-bond acceptors (Lipinski definition) is 9. The van der Waals surface area contributed by atoms with E-state index in [0.717, 1.165) is 45.5 Å². The maximum absolute atomic E-state index is 3.53. The fourth-order valence-electron chi connectivity index (χ4n) is 11.3. The Morgan fingerprint density at radius 2 is 0.473 bits per heavy atom. The van der Waals surface area contributed by atoms with Gasteiger partial charge in [-0.1, -0.05) is 206 Å². The van der Waals surface area contributed by atoms with Gasteiger partial charge in [-0.2, -0.15) is 0 Å². The molecule has 0 bridgehead atoms. The van der Waals surface area contributed by atoms with E-state index in [9.17, 15) is 0 Å². The predicted molar refractivity (Wildman–Crippen MR) is 412 cm³/mol. The van der Waals surface area contributed by atoms with Gasteiger partial charge in [0.2, 0.25) is 0 Å². The molecule has 4 heterocycles. The van der Waals surface area contributed by atoms with E-state index >= 15 is 0 Å². The third-order valence-corrected chi connectivity index (χ3v) is 20.3. The van der Waals surface area contributed by atoms with Crippen molar-refractivity contribution in [2.45, 2.75) is 0 Å². The zero-order valence-electron chi connectivity index (χ0n) is 50.6. The molecule has 0 fully saturated rings. The Morgan fingerprint density at radius 3 is 1.00 bits per heavy atom. The first-order chi connectivity index (χ1) is 46.1. The van der Waals surface area contributed by atoms with Gasteiger partial charge in [0, 0.05) is 127 Å². The first-order valence-electron chi connectivity index (χ1n) is 30.9. The summed E-state index contributed by atoms with van der Waals surface area (Å²) in [6.45, 7) is 0. The van der Waals surface area contributed by atoms with E-state index in [1.807, 2.05) is 179 Å². The number of rotatable bonds is 10. The number of nitrogens with one attached hydrogen (secondary N) is 5. The first-order valence-corrected chi connectivity index (χ1v) is 34.1. The number of para-hydroxylation sites is 6. The van der Waals surface area contributed by atoms with Crippen LogP contribution in [-0.4, -0.2) is 0 Å². The van der Waals surface area contributed by atoms with Crippen molar-refractivity contribution in [2.75, 3.05) is 26.6 Å². The lowest BCUT2D eigenvalue weighted by atomic mass is 10.1. The Hall–Kier alpha value is -11.0. The molecule has 0 saturated heterocycles. The third kappa shape index (κ3) is 14.4. The monoisotopic (exact) mass is 1270 g/mol. The van der Waals surface area contributed by atoms with Crippen LogP contribution in [0.1, 0.15) is 0 Å². The van der Waals surface area contributed by atoms with Crippen LogP contribution in [0.2, 0.25) is 0 Å². The fourth-order valence-corrected chi connectivity index (χ4v) is 15.8. The lowest BCUT2D eigenvalue weighted by Gasteiger charge is -2.08. The van der Waals surface area contributed by atoms with Crippen LogP contribution < -0.4 is 26.6 Å². The summed E-state index contributed by atoms with van der Waals surface area (Å²) in [5, 5.41) is 27.9. The molecule has 0 atom stereocenters. The van der Waals surface area contributed by atoms with Crippen molar-refractivity contribution in [1.29, 1.82) is 0 Å². The van der Waals surface area contributed by atoms with E-state index in [1.54, 1.807) is 0 Å². The standard InChI is InChI=1S/4C18H13NS.C12H11N/c1-2-7-13(8-3-1)19-16-11-6-10-15-14-9-4-5-12-17(14)20-18(15)16;1-2-7-13(8-3-1)19-15-10-6-12-17-18(15)14-9-4-5-11-16(14)20-17;1-2-6-13(7-3-1)19-14-10-11-18-16(12-14)15-8-4-5-9-17(15)20-18;1-2-6-13(7-3-1)19-14-10-11-16-15-8-4-5-9-17(15)20-18(16)12-14;1-3-7-11(8-4-1)13-12-9-5-2-6-10-12/h4*1-12,19H;1-10,13H. The van der Waals surface area contributed by atoms with E-state index in [4.69, 9.17) is 0 Å². The van der Waals surface area contributed by atoms with Gasteiger partial charge in [-0.25, -0.2) is 0 Å². The number of anilines is 10. The third-order valence-electron chi connectivity index (χ3n) is 15.6. The van der Waals surface area contributed by atoms with Crippen LogP contribution in [0.3, 0.4) is 0 Å². The highest BCUT2D eigenvalue weighted by molar-refractivity contribution is 7.27. The number of thiophene rings is 4. The molecule has 0 amide bonds. The minimum absolute atomic E-state index is 1.12. The Morgan fingerprint density at radius 1 is 0.161 bits per heavy atom. The molecule has 9 heteroatoms. The van der Waals surface area contributed by atoms with Gasteiger partial charge < -0.3 is 26.6 Å². The van der Waals surface area contributed by atoms with Gasteiger partial charge in [0.1, 0.15) is 0 Å². The van der Waals surface area contributed by atoms with Crippen LogP contribution in [0.15, 0.2) is 352 Å². The van der Waals surface area contributed by atoms with Crippen molar-refractivity contribution in [3.63, 3.8) is 0 Å². The Kier molecular flexibility index (Phi) is 18.5. The molecule has 93 heavy (non-hydrogen) atoms. The largest absolute Gasteiger partial charge is 0.356 e. The molecule has 18 rings (SSSR count). The summed E-state index contributed by atoms with van der Waals surface area (Å²) in [5.41, 5.74) is 11.3. The first kappa shape index (κ1) is 59.6. The molecule has 0 saturated carbocycles. The molecule has 5 nitrogen and oxygen atoms in total. The molecule has 0 radical (unpaired) electrons. The van der Waals surface area contributed by atoms with E-state index in [-0.39, 0.29) is 0 Å². The zero-order valence-corrected chi connectivity index (χ0v) is 53.9. The summed E-state index contributed by atoms with van der Waals surface area (Å²) in [5.74, 6) is 0. The van der Waals surface area contributed by atoms with Crippen LogP contribution in [0.4, 0.5) is 56.9 Å². The van der Waals surface area contributed by atoms with E-state index in [0.29, 0.717) is 0 Å². The second-order valence-electron chi connectivity index (χ2n) is 22.0. The molecule has 0 spiro atoms. The number of benzene rings is 14. The lowest BCUT2D eigenvalue weighted by molar-refractivity contribution is 1.55. The predicted octanol–water partition coefficient (Wildman–Crippen LogP) is 26.6.